The molecule has 2 unspecified atom stereocenters. The van der Waals surface area contributed by atoms with E-state index in [9.17, 15) is 0 Å². The zero-order valence-corrected chi connectivity index (χ0v) is 10.1. The summed E-state index contributed by atoms with van der Waals surface area (Å²) in [6.45, 7) is 5.81. The number of piperazine rings is 1. The van der Waals surface area contributed by atoms with E-state index in [4.69, 9.17) is 0 Å². The van der Waals surface area contributed by atoms with Crippen LogP contribution in [-0.2, 0) is 0 Å². The smallest absolute Gasteiger partial charge is 0.0210 e. The van der Waals surface area contributed by atoms with Gasteiger partial charge in [0.05, 0.1) is 0 Å². The Morgan fingerprint density at radius 3 is 2.71 bits per heavy atom. The van der Waals surface area contributed by atoms with E-state index in [1.807, 2.05) is 0 Å². The van der Waals surface area contributed by atoms with Gasteiger partial charge in [0.2, 0.25) is 0 Å². The molecule has 1 heterocycles. The van der Waals surface area contributed by atoms with Gasteiger partial charge in [-0.05, 0) is 34.0 Å². The Hall–Kier alpha value is -0.120. The van der Waals surface area contributed by atoms with Crippen LogP contribution in [0.15, 0.2) is 0 Å². The van der Waals surface area contributed by atoms with Crippen molar-refractivity contribution in [3.05, 3.63) is 0 Å². The molecule has 0 aromatic heterocycles. The number of nitrogens with zero attached hydrogens (tertiary/aromatic N) is 2. The lowest BCUT2D eigenvalue weighted by Gasteiger charge is -2.34. The molecular weight excluding hydrogens is 174 g/mol. The molecule has 0 aromatic carbocycles. The Morgan fingerprint density at radius 2 is 2.21 bits per heavy atom. The molecule has 0 amide bonds. The molecule has 3 heteroatoms. The van der Waals surface area contributed by atoms with Crippen LogP contribution in [0.3, 0.4) is 0 Å². The zero-order chi connectivity index (χ0) is 10.6. The van der Waals surface area contributed by atoms with Crippen LogP contribution in [0.5, 0.6) is 0 Å². The monoisotopic (exact) mass is 199 g/mol. The highest BCUT2D eigenvalue weighted by atomic mass is 15.2. The first kappa shape index (κ1) is 12.0. The van der Waals surface area contributed by atoms with Crippen molar-refractivity contribution in [2.24, 2.45) is 0 Å². The fourth-order valence-electron chi connectivity index (χ4n) is 2.22. The lowest BCUT2D eigenvalue weighted by atomic mass is 10.0. The SMILES string of the molecule is CCC(CC1CN(C)CCN1)N(C)C. The van der Waals surface area contributed by atoms with Crippen LogP contribution in [0.25, 0.3) is 0 Å². The fraction of sp³-hybridized carbons (Fsp3) is 1.00. The van der Waals surface area contributed by atoms with Gasteiger partial charge in [-0.2, -0.15) is 0 Å². The minimum atomic E-state index is 0.682. The molecule has 1 saturated heterocycles. The Balaban J connectivity index is 2.33. The van der Waals surface area contributed by atoms with Crippen molar-refractivity contribution < 1.29 is 0 Å². The minimum Gasteiger partial charge on any atom is -0.311 e. The second-order valence-corrected chi connectivity index (χ2v) is 4.67. The summed E-state index contributed by atoms with van der Waals surface area (Å²) in [6.07, 6.45) is 2.52. The molecule has 1 rings (SSSR count). The van der Waals surface area contributed by atoms with Gasteiger partial charge in [0.15, 0.2) is 0 Å². The summed E-state index contributed by atoms with van der Waals surface area (Å²) in [6, 6.07) is 1.40. The maximum Gasteiger partial charge on any atom is 0.0210 e. The van der Waals surface area contributed by atoms with Gasteiger partial charge >= 0.3 is 0 Å². The molecule has 1 N–H and O–H groups in total. The Labute approximate surface area is 88.5 Å². The third kappa shape index (κ3) is 3.56. The highest BCUT2D eigenvalue weighted by Gasteiger charge is 2.20. The molecule has 0 saturated carbocycles. The molecule has 84 valence electrons. The van der Waals surface area contributed by atoms with Crippen LogP contribution in [-0.4, -0.2) is 62.7 Å². The molecule has 2 atom stereocenters. The summed E-state index contributed by atoms with van der Waals surface area (Å²) in [5.74, 6) is 0. The molecule has 0 aromatic rings. The number of hydrogen-bond donors (Lipinski definition) is 1. The summed E-state index contributed by atoms with van der Waals surface area (Å²) in [4.78, 5) is 4.76. The number of nitrogens with one attached hydrogen (secondary N) is 1. The summed E-state index contributed by atoms with van der Waals surface area (Å²) >= 11 is 0. The maximum atomic E-state index is 3.60. The van der Waals surface area contributed by atoms with Crippen molar-refractivity contribution in [3.63, 3.8) is 0 Å². The van der Waals surface area contributed by atoms with Gasteiger partial charge in [-0.1, -0.05) is 6.92 Å². The van der Waals surface area contributed by atoms with Crippen LogP contribution < -0.4 is 5.32 Å². The topological polar surface area (TPSA) is 18.5 Å². The third-order valence-electron chi connectivity index (χ3n) is 3.22. The highest BCUT2D eigenvalue weighted by molar-refractivity contribution is 4.81. The normalized spacial score (nSPS) is 26.8. The number of hydrogen-bond acceptors (Lipinski definition) is 3. The standard InChI is InChI=1S/C11H25N3/c1-5-11(13(2)3)8-10-9-14(4)7-6-12-10/h10-12H,5-9H2,1-4H3. The summed E-state index contributed by atoms with van der Waals surface area (Å²) in [5.41, 5.74) is 0. The summed E-state index contributed by atoms with van der Waals surface area (Å²) in [7, 11) is 6.58. The van der Waals surface area contributed by atoms with Gasteiger partial charge in [-0.3, -0.25) is 0 Å². The predicted molar refractivity (Wildman–Crippen MR) is 61.7 cm³/mol. The lowest BCUT2D eigenvalue weighted by Crippen LogP contribution is -2.51. The fourth-order valence-corrected chi connectivity index (χ4v) is 2.22. The van der Waals surface area contributed by atoms with Crippen molar-refractivity contribution in [1.82, 2.24) is 15.1 Å². The quantitative estimate of drug-likeness (QED) is 0.716. The van der Waals surface area contributed by atoms with Crippen molar-refractivity contribution in [2.75, 3.05) is 40.8 Å². The first-order valence-electron chi connectivity index (χ1n) is 5.71. The first-order chi connectivity index (χ1) is 6.63. The van der Waals surface area contributed by atoms with E-state index >= 15 is 0 Å². The molecule has 1 aliphatic rings. The Morgan fingerprint density at radius 1 is 1.50 bits per heavy atom. The average molecular weight is 199 g/mol. The first-order valence-corrected chi connectivity index (χ1v) is 5.71. The van der Waals surface area contributed by atoms with Gasteiger partial charge in [0.1, 0.15) is 0 Å². The van der Waals surface area contributed by atoms with Crippen molar-refractivity contribution in [2.45, 2.75) is 31.8 Å². The van der Waals surface area contributed by atoms with Crippen molar-refractivity contribution >= 4 is 0 Å². The van der Waals surface area contributed by atoms with Gasteiger partial charge in [0.25, 0.3) is 0 Å². The molecule has 1 fully saturated rings. The second-order valence-electron chi connectivity index (χ2n) is 4.67. The van der Waals surface area contributed by atoms with E-state index in [0.29, 0.717) is 6.04 Å². The highest BCUT2D eigenvalue weighted by Crippen LogP contribution is 2.10. The van der Waals surface area contributed by atoms with Crippen molar-refractivity contribution in [3.8, 4) is 0 Å². The summed E-state index contributed by atoms with van der Waals surface area (Å²) < 4.78 is 0. The van der Waals surface area contributed by atoms with Gasteiger partial charge in [-0.25, -0.2) is 0 Å². The van der Waals surface area contributed by atoms with E-state index < -0.39 is 0 Å². The van der Waals surface area contributed by atoms with Gasteiger partial charge < -0.3 is 15.1 Å². The van der Waals surface area contributed by atoms with Crippen molar-refractivity contribution in [1.29, 1.82) is 0 Å². The molecule has 0 bridgehead atoms. The van der Waals surface area contributed by atoms with Crippen LogP contribution in [0.1, 0.15) is 19.8 Å². The van der Waals surface area contributed by atoms with E-state index in [0.717, 1.165) is 12.6 Å². The molecule has 0 radical (unpaired) electrons. The molecule has 3 nitrogen and oxygen atoms in total. The molecule has 0 aliphatic carbocycles. The molecule has 1 aliphatic heterocycles. The average Bonchev–Trinajstić information content (AvgIpc) is 2.14. The molecular formula is C11H25N3. The molecule has 0 spiro atoms. The van der Waals surface area contributed by atoms with E-state index in [1.165, 1.54) is 25.9 Å². The number of rotatable bonds is 4. The Kier molecular flexibility index (Phi) is 4.85. The largest absolute Gasteiger partial charge is 0.311 e. The van der Waals surface area contributed by atoms with E-state index in [1.54, 1.807) is 0 Å². The zero-order valence-electron chi connectivity index (χ0n) is 10.1. The van der Waals surface area contributed by atoms with Crippen LogP contribution in [0.4, 0.5) is 0 Å². The van der Waals surface area contributed by atoms with E-state index in [-0.39, 0.29) is 0 Å². The van der Waals surface area contributed by atoms with Crippen LogP contribution in [0, 0.1) is 0 Å². The van der Waals surface area contributed by atoms with Crippen LogP contribution in [0.2, 0.25) is 0 Å². The summed E-state index contributed by atoms with van der Waals surface area (Å²) in [5, 5.41) is 3.60. The third-order valence-corrected chi connectivity index (χ3v) is 3.22. The second kappa shape index (κ2) is 5.69. The van der Waals surface area contributed by atoms with Gasteiger partial charge in [0, 0.05) is 31.7 Å². The lowest BCUT2D eigenvalue weighted by molar-refractivity contribution is 0.186. The maximum absolute atomic E-state index is 3.60. The minimum absolute atomic E-state index is 0.682. The van der Waals surface area contributed by atoms with Gasteiger partial charge in [-0.15, -0.1) is 0 Å². The molecule has 14 heavy (non-hydrogen) atoms. The Bertz CT molecular complexity index is 159. The number of likely N-dealkylation sites (N-methyl/N-ethyl adjacent to an activating group) is 1. The van der Waals surface area contributed by atoms with E-state index in [2.05, 4.69) is 43.2 Å². The van der Waals surface area contributed by atoms with Crippen LogP contribution >= 0.6 is 0 Å². The predicted octanol–water partition coefficient (Wildman–Crippen LogP) is 0.620.